The number of ether oxygens (including phenoxy) is 8. The lowest BCUT2D eigenvalue weighted by molar-refractivity contribution is 0.227. The van der Waals surface area contributed by atoms with Gasteiger partial charge in [-0.05, 0) is 96.5 Å². The average Bonchev–Trinajstić information content (AvgIpc) is 3.81. The zero-order chi connectivity index (χ0) is 28.8. The molecule has 3 aromatic rings. The van der Waals surface area contributed by atoms with Crippen LogP contribution in [0.3, 0.4) is 0 Å². The Morgan fingerprint density at radius 1 is 0.524 bits per heavy atom. The van der Waals surface area contributed by atoms with E-state index in [0.29, 0.717) is 26.4 Å². The fourth-order valence-electron chi connectivity index (χ4n) is 5.20. The van der Waals surface area contributed by atoms with Crippen molar-refractivity contribution in [2.45, 2.75) is 52.1 Å². The second-order valence-electron chi connectivity index (χ2n) is 11.7. The molecule has 0 N–H and O–H groups in total. The molecule has 4 saturated heterocycles. The Labute approximate surface area is 246 Å². The molecule has 0 amide bonds. The van der Waals surface area contributed by atoms with Gasteiger partial charge in [0.1, 0.15) is 50.8 Å². The van der Waals surface area contributed by atoms with Crippen LogP contribution in [0.5, 0.6) is 23.0 Å². The van der Waals surface area contributed by atoms with E-state index < -0.39 is 0 Å². The molecule has 4 fully saturated rings. The van der Waals surface area contributed by atoms with Crippen molar-refractivity contribution in [3.63, 3.8) is 0 Å². The molecule has 4 aliphatic heterocycles. The Kier molecular flexibility index (Phi) is 7.48. The van der Waals surface area contributed by atoms with Crippen LogP contribution in [0.15, 0.2) is 36.4 Å². The Balaban J connectivity index is 1.19. The van der Waals surface area contributed by atoms with Crippen LogP contribution in [-0.4, -0.2) is 77.3 Å². The lowest BCUT2D eigenvalue weighted by atomic mass is 9.89. The molecule has 8 nitrogen and oxygen atoms in total. The largest absolute Gasteiger partial charge is 0.487 e. The summed E-state index contributed by atoms with van der Waals surface area (Å²) in [5.74, 6) is 3.03. The molecule has 0 spiro atoms. The number of aryl methyl sites for hydroxylation is 2. The van der Waals surface area contributed by atoms with Crippen molar-refractivity contribution in [3.05, 3.63) is 58.7 Å². The molecule has 3 aromatic carbocycles. The minimum Gasteiger partial charge on any atom is -0.487 e. The molecule has 4 atom stereocenters. The highest BCUT2D eigenvalue weighted by atomic mass is 16.6. The first kappa shape index (κ1) is 27.5. The molecular formula is C34H38O8. The Morgan fingerprint density at radius 3 is 1.19 bits per heavy atom. The van der Waals surface area contributed by atoms with Crippen LogP contribution in [-0.2, 0) is 18.9 Å². The van der Waals surface area contributed by atoms with Crippen molar-refractivity contribution >= 4 is 0 Å². The molecule has 0 bridgehead atoms. The summed E-state index contributed by atoms with van der Waals surface area (Å²) in [7, 11) is 0. The SMILES string of the molecule is Cc1cc(-c2ccc(-c3cc(C)c(OCC4CO4)c(OCC4CO4)c3)c(C)c2C)cc(OCC2CO2)c1OCC1CO1. The summed E-state index contributed by atoms with van der Waals surface area (Å²) in [6.45, 7) is 13.6. The fraction of sp³-hybridized carbons (Fsp3) is 0.471. The number of rotatable bonds is 14. The van der Waals surface area contributed by atoms with E-state index in [1.54, 1.807) is 0 Å². The second kappa shape index (κ2) is 11.4. The van der Waals surface area contributed by atoms with Crippen LogP contribution < -0.4 is 18.9 Å². The molecule has 0 saturated carbocycles. The maximum absolute atomic E-state index is 6.21. The summed E-state index contributed by atoms with van der Waals surface area (Å²) < 4.78 is 46.2. The van der Waals surface area contributed by atoms with Crippen molar-refractivity contribution in [2.75, 3.05) is 52.9 Å². The Bertz CT molecular complexity index is 1360. The summed E-state index contributed by atoms with van der Waals surface area (Å²) in [5.41, 5.74) is 8.99. The van der Waals surface area contributed by atoms with Crippen molar-refractivity contribution in [3.8, 4) is 45.3 Å². The number of epoxide rings is 4. The smallest absolute Gasteiger partial charge is 0.164 e. The minimum absolute atomic E-state index is 0.157. The van der Waals surface area contributed by atoms with E-state index in [1.807, 2.05) is 0 Å². The molecule has 8 heteroatoms. The molecule has 0 radical (unpaired) electrons. The van der Waals surface area contributed by atoms with Gasteiger partial charge in [-0.1, -0.05) is 12.1 Å². The monoisotopic (exact) mass is 574 g/mol. The van der Waals surface area contributed by atoms with Gasteiger partial charge in [-0.25, -0.2) is 0 Å². The zero-order valence-corrected chi connectivity index (χ0v) is 24.7. The lowest BCUT2D eigenvalue weighted by Gasteiger charge is -2.20. The van der Waals surface area contributed by atoms with E-state index in [-0.39, 0.29) is 24.4 Å². The van der Waals surface area contributed by atoms with Gasteiger partial charge in [0.25, 0.3) is 0 Å². The van der Waals surface area contributed by atoms with Crippen molar-refractivity contribution in [1.82, 2.24) is 0 Å². The van der Waals surface area contributed by atoms with Crippen LogP contribution >= 0.6 is 0 Å². The standard InChI is InChI=1S/C34H38O8/c1-19-7-23(9-31(39-15-25-11-35-25)33(19)41-17-27-13-37-27)29-5-6-30(22(4)21(29)3)24-8-20(2)34(42-18-28-14-38-28)32(10-24)40-16-26-12-36-26/h5-10,25-28H,11-18H2,1-4H3. The summed E-state index contributed by atoms with van der Waals surface area (Å²) in [6, 6.07) is 12.9. The topological polar surface area (TPSA) is 87.0 Å². The van der Waals surface area contributed by atoms with Gasteiger partial charge in [0.2, 0.25) is 0 Å². The molecule has 4 heterocycles. The van der Waals surface area contributed by atoms with Gasteiger partial charge in [-0.15, -0.1) is 0 Å². The number of hydrogen-bond acceptors (Lipinski definition) is 8. The van der Waals surface area contributed by atoms with E-state index in [0.717, 1.165) is 82.8 Å². The average molecular weight is 575 g/mol. The first-order valence-corrected chi connectivity index (χ1v) is 14.8. The van der Waals surface area contributed by atoms with Gasteiger partial charge >= 0.3 is 0 Å². The molecule has 7 rings (SSSR count). The van der Waals surface area contributed by atoms with Crippen molar-refractivity contribution < 1.29 is 37.9 Å². The number of hydrogen-bond donors (Lipinski definition) is 0. The molecule has 4 unspecified atom stereocenters. The van der Waals surface area contributed by atoms with Gasteiger partial charge < -0.3 is 37.9 Å². The lowest BCUT2D eigenvalue weighted by Crippen LogP contribution is -2.10. The third kappa shape index (κ3) is 6.37. The van der Waals surface area contributed by atoms with Gasteiger partial charge in [-0.3, -0.25) is 0 Å². The maximum Gasteiger partial charge on any atom is 0.164 e. The summed E-state index contributed by atoms with van der Waals surface area (Å²) in [6.07, 6.45) is 0.658. The molecule has 222 valence electrons. The van der Waals surface area contributed by atoms with E-state index in [4.69, 9.17) is 37.9 Å². The highest BCUT2D eigenvalue weighted by molar-refractivity contribution is 5.80. The molecule has 4 aliphatic rings. The molecule has 42 heavy (non-hydrogen) atoms. The third-order valence-electron chi connectivity index (χ3n) is 8.18. The van der Waals surface area contributed by atoms with Crippen molar-refractivity contribution in [2.24, 2.45) is 0 Å². The Hall–Kier alpha value is -3.30. The zero-order valence-electron chi connectivity index (χ0n) is 24.7. The van der Waals surface area contributed by atoms with Gasteiger partial charge in [0.05, 0.1) is 26.4 Å². The van der Waals surface area contributed by atoms with Gasteiger partial charge in [0.15, 0.2) is 23.0 Å². The molecule has 0 aromatic heterocycles. The predicted octanol–water partition coefficient (Wildman–Crippen LogP) is 5.36. The fourth-order valence-corrected chi connectivity index (χ4v) is 5.20. The quantitative estimate of drug-likeness (QED) is 0.238. The Morgan fingerprint density at radius 2 is 0.857 bits per heavy atom. The molecular weight excluding hydrogens is 536 g/mol. The molecule has 0 aliphatic carbocycles. The van der Waals surface area contributed by atoms with Crippen molar-refractivity contribution in [1.29, 1.82) is 0 Å². The highest BCUT2D eigenvalue weighted by Gasteiger charge is 2.28. The van der Waals surface area contributed by atoms with Crippen LogP contribution in [0.25, 0.3) is 22.3 Å². The third-order valence-corrected chi connectivity index (χ3v) is 8.18. The predicted molar refractivity (Wildman–Crippen MR) is 157 cm³/mol. The summed E-state index contributed by atoms with van der Waals surface area (Å²) in [5, 5.41) is 0. The van der Waals surface area contributed by atoms with E-state index in [9.17, 15) is 0 Å². The van der Waals surface area contributed by atoms with Crippen LogP contribution in [0.1, 0.15) is 22.3 Å². The van der Waals surface area contributed by atoms with Crippen LogP contribution in [0.2, 0.25) is 0 Å². The summed E-state index contributed by atoms with van der Waals surface area (Å²) >= 11 is 0. The normalized spacial score (nSPS) is 23.3. The first-order valence-electron chi connectivity index (χ1n) is 14.8. The number of benzene rings is 3. The van der Waals surface area contributed by atoms with Crippen LogP contribution in [0, 0.1) is 27.7 Å². The second-order valence-corrected chi connectivity index (χ2v) is 11.7. The van der Waals surface area contributed by atoms with E-state index >= 15 is 0 Å². The van der Waals surface area contributed by atoms with Gasteiger partial charge in [-0.2, -0.15) is 0 Å². The van der Waals surface area contributed by atoms with Gasteiger partial charge in [0, 0.05) is 0 Å². The van der Waals surface area contributed by atoms with E-state index in [1.165, 1.54) is 11.1 Å². The minimum atomic E-state index is 0.157. The maximum atomic E-state index is 6.21. The highest BCUT2D eigenvalue weighted by Crippen LogP contribution is 2.42. The van der Waals surface area contributed by atoms with Crippen LogP contribution in [0.4, 0.5) is 0 Å². The van der Waals surface area contributed by atoms with E-state index in [2.05, 4.69) is 64.1 Å². The summed E-state index contributed by atoms with van der Waals surface area (Å²) in [4.78, 5) is 0. The first-order chi connectivity index (χ1) is 20.4.